The molecule has 0 aliphatic carbocycles. The molecular formula is C9H14Cl2N4. The average molecular weight is 249 g/mol. The summed E-state index contributed by atoms with van der Waals surface area (Å²) in [6.45, 7) is 3.88. The van der Waals surface area contributed by atoms with Gasteiger partial charge in [-0.1, -0.05) is 30.1 Å². The van der Waals surface area contributed by atoms with E-state index >= 15 is 0 Å². The molecule has 1 unspecified atom stereocenters. The third-order valence-electron chi connectivity index (χ3n) is 1.91. The number of hydrogen-bond acceptors (Lipinski definition) is 4. The summed E-state index contributed by atoms with van der Waals surface area (Å²) in [5.41, 5.74) is 0.722. The molecule has 0 fully saturated rings. The van der Waals surface area contributed by atoms with Crippen LogP contribution < -0.4 is 10.6 Å². The maximum absolute atomic E-state index is 5.85. The first kappa shape index (κ1) is 12.5. The second kappa shape index (κ2) is 6.10. The molecular weight excluding hydrogens is 235 g/mol. The second-order valence-corrected chi connectivity index (χ2v) is 4.16. The predicted molar refractivity (Wildman–Crippen MR) is 63.6 cm³/mol. The standard InChI is InChI=1S/C9H14Cl2N4/c1-6(4-12-2)5-13-7-3-8(10)14-15-9(7)11/h3,6,12H,4-5H2,1-2H3,(H,13,14). The molecule has 0 radical (unpaired) electrons. The topological polar surface area (TPSA) is 49.8 Å². The van der Waals surface area contributed by atoms with Crippen LogP contribution >= 0.6 is 23.2 Å². The van der Waals surface area contributed by atoms with Crippen LogP contribution in [0.4, 0.5) is 5.69 Å². The average Bonchev–Trinajstić information content (AvgIpc) is 2.20. The minimum absolute atomic E-state index is 0.336. The van der Waals surface area contributed by atoms with Crippen molar-refractivity contribution in [3.05, 3.63) is 16.4 Å². The molecule has 15 heavy (non-hydrogen) atoms. The van der Waals surface area contributed by atoms with Crippen LogP contribution in [0, 0.1) is 5.92 Å². The summed E-state index contributed by atoms with van der Waals surface area (Å²) >= 11 is 11.6. The van der Waals surface area contributed by atoms with Crippen LogP contribution in [0.1, 0.15) is 6.92 Å². The Bertz CT molecular complexity index is 319. The Labute approximate surface area is 99.4 Å². The van der Waals surface area contributed by atoms with Gasteiger partial charge >= 0.3 is 0 Å². The lowest BCUT2D eigenvalue weighted by Gasteiger charge is -2.13. The van der Waals surface area contributed by atoms with Gasteiger partial charge in [0.25, 0.3) is 0 Å². The molecule has 0 saturated heterocycles. The molecule has 84 valence electrons. The summed E-state index contributed by atoms with van der Waals surface area (Å²) < 4.78 is 0. The van der Waals surface area contributed by atoms with Gasteiger partial charge in [0, 0.05) is 12.6 Å². The molecule has 6 heteroatoms. The largest absolute Gasteiger partial charge is 0.382 e. The Hall–Kier alpha value is -0.580. The fraction of sp³-hybridized carbons (Fsp3) is 0.556. The SMILES string of the molecule is CNCC(C)CNc1cc(Cl)nnc1Cl. The quantitative estimate of drug-likeness (QED) is 0.838. The van der Waals surface area contributed by atoms with E-state index in [2.05, 4.69) is 27.8 Å². The minimum Gasteiger partial charge on any atom is -0.382 e. The zero-order chi connectivity index (χ0) is 11.3. The molecule has 0 saturated carbocycles. The first-order valence-electron chi connectivity index (χ1n) is 4.70. The first-order chi connectivity index (χ1) is 7.13. The third kappa shape index (κ3) is 4.20. The van der Waals surface area contributed by atoms with Crippen molar-refractivity contribution in [3.8, 4) is 0 Å². The van der Waals surface area contributed by atoms with Crippen molar-refractivity contribution in [3.63, 3.8) is 0 Å². The molecule has 1 aromatic rings. The molecule has 1 atom stereocenters. The van der Waals surface area contributed by atoms with E-state index in [1.165, 1.54) is 0 Å². The van der Waals surface area contributed by atoms with Crippen molar-refractivity contribution in [1.82, 2.24) is 15.5 Å². The number of hydrogen-bond donors (Lipinski definition) is 2. The molecule has 0 amide bonds. The Morgan fingerprint density at radius 3 is 2.73 bits per heavy atom. The monoisotopic (exact) mass is 248 g/mol. The van der Waals surface area contributed by atoms with Gasteiger partial charge in [-0.25, -0.2) is 0 Å². The Kier molecular flexibility index (Phi) is 5.08. The van der Waals surface area contributed by atoms with Crippen LogP contribution in [0.3, 0.4) is 0 Å². The summed E-state index contributed by atoms with van der Waals surface area (Å²) in [5, 5.41) is 14.3. The molecule has 0 aliphatic rings. The van der Waals surface area contributed by atoms with Crippen molar-refractivity contribution >= 4 is 28.9 Å². The van der Waals surface area contributed by atoms with Crippen LogP contribution in [-0.2, 0) is 0 Å². The molecule has 1 aromatic heterocycles. The third-order valence-corrected chi connectivity index (χ3v) is 2.38. The van der Waals surface area contributed by atoms with Crippen LogP contribution in [-0.4, -0.2) is 30.3 Å². The summed E-state index contributed by atoms with van der Waals surface area (Å²) in [7, 11) is 1.92. The van der Waals surface area contributed by atoms with E-state index in [1.807, 2.05) is 7.05 Å². The lowest BCUT2D eigenvalue weighted by molar-refractivity contribution is 0.569. The van der Waals surface area contributed by atoms with Gasteiger partial charge in [-0.15, -0.1) is 10.2 Å². The van der Waals surface area contributed by atoms with E-state index in [4.69, 9.17) is 23.2 Å². The van der Waals surface area contributed by atoms with Crippen LogP contribution in [0.2, 0.25) is 10.3 Å². The highest BCUT2D eigenvalue weighted by molar-refractivity contribution is 6.33. The van der Waals surface area contributed by atoms with Gasteiger partial charge in [0.2, 0.25) is 0 Å². The highest BCUT2D eigenvalue weighted by atomic mass is 35.5. The van der Waals surface area contributed by atoms with Gasteiger partial charge in [0.05, 0.1) is 5.69 Å². The fourth-order valence-electron chi connectivity index (χ4n) is 1.18. The summed E-state index contributed by atoms with van der Waals surface area (Å²) in [6.07, 6.45) is 0. The summed E-state index contributed by atoms with van der Waals surface area (Å²) in [6, 6.07) is 1.67. The van der Waals surface area contributed by atoms with Gasteiger partial charge in [-0.2, -0.15) is 0 Å². The second-order valence-electron chi connectivity index (χ2n) is 3.42. The van der Waals surface area contributed by atoms with Gasteiger partial charge in [-0.05, 0) is 19.5 Å². The number of nitrogens with one attached hydrogen (secondary N) is 2. The molecule has 0 bridgehead atoms. The Balaban J connectivity index is 2.53. The normalized spacial score (nSPS) is 12.5. The van der Waals surface area contributed by atoms with Crippen LogP contribution in [0.25, 0.3) is 0 Å². The predicted octanol–water partition coefficient (Wildman–Crippen LogP) is 2.05. The molecule has 2 N–H and O–H groups in total. The summed E-state index contributed by atoms with van der Waals surface area (Å²) in [4.78, 5) is 0. The minimum atomic E-state index is 0.336. The zero-order valence-corrected chi connectivity index (χ0v) is 10.2. The van der Waals surface area contributed by atoms with Crippen molar-refractivity contribution in [2.45, 2.75) is 6.92 Å². The van der Waals surface area contributed by atoms with E-state index in [0.717, 1.165) is 18.8 Å². The highest BCUT2D eigenvalue weighted by Gasteiger charge is 2.05. The Morgan fingerprint density at radius 2 is 2.07 bits per heavy atom. The molecule has 1 rings (SSSR count). The zero-order valence-electron chi connectivity index (χ0n) is 8.72. The van der Waals surface area contributed by atoms with E-state index < -0.39 is 0 Å². The highest BCUT2D eigenvalue weighted by Crippen LogP contribution is 2.20. The fourth-order valence-corrected chi connectivity index (χ4v) is 1.49. The van der Waals surface area contributed by atoms with E-state index in [9.17, 15) is 0 Å². The molecule has 0 aliphatic heterocycles. The van der Waals surface area contributed by atoms with Crippen LogP contribution in [0.5, 0.6) is 0 Å². The molecule has 0 aromatic carbocycles. The lowest BCUT2D eigenvalue weighted by Crippen LogP contribution is -2.23. The van der Waals surface area contributed by atoms with Crippen molar-refractivity contribution in [1.29, 1.82) is 0 Å². The van der Waals surface area contributed by atoms with Gasteiger partial charge in [-0.3, -0.25) is 0 Å². The molecule has 1 heterocycles. The number of nitrogens with zero attached hydrogens (tertiary/aromatic N) is 2. The Morgan fingerprint density at radius 1 is 1.33 bits per heavy atom. The number of rotatable bonds is 5. The first-order valence-corrected chi connectivity index (χ1v) is 5.46. The van der Waals surface area contributed by atoms with Crippen LogP contribution in [0.15, 0.2) is 6.07 Å². The lowest BCUT2D eigenvalue weighted by atomic mass is 10.2. The number of anilines is 1. The van der Waals surface area contributed by atoms with E-state index in [-0.39, 0.29) is 0 Å². The van der Waals surface area contributed by atoms with E-state index in [1.54, 1.807) is 6.07 Å². The number of halogens is 2. The van der Waals surface area contributed by atoms with Gasteiger partial charge in [0.15, 0.2) is 10.3 Å². The van der Waals surface area contributed by atoms with Crippen molar-refractivity contribution in [2.24, 2.45) is 5.92 Å². The maximum atomic E-state index is 5.85. The number of aromatic nitrogens is 2. The van der Waals surface area contributed by atoms with E-state index in [0.29, 0.717) is 16.2 Å². The van der Waals surface area contributed by atoms with Crippen molar-refractivity contribution in [2.75, 3.05) is 25.5 Å². The molecule has 4 nitrogen and oxygen atoms in total. The maximum Gasteiger partial charge on any atom is 0.174 e. The van der Waals surface area contributed by atoms with Crippen molar-refractivity contribution < 1.29 is 0 Å². The summed E-state index contributed by atoms with van der Waals surface area (Å²) in [5.74, 6) is 0.498. The van der Waals surface area contributed by atoms with Gasteiger partial charge < -0.3 is 10.6 Å². The molecule has 0 spiro atoms. The smallest absolute Gasteiger partial charge is 0.174 e. The van der Waals surface area contributed by atoms with Gasteiger partial charge in [0.1, 0.15) is 0 Å².